The van der Waals surface area contributed by atoms with Gasteiger partial charge in [-0.15, -0.1) is 0 Å². The topological polar surface area (TPSA) is 99.9 Å². The van der Waals surface area contributed by atoms with Crippen LogP contribution in [0.5, 0.6) is 0 Å². The average Bonchev–Trinajstić information content (AvgIpc) is 2.72. The number of nitrogens with one attached hydrogen (secondary N) is 1. The Morgan fingerprint density at radius 2 is 2.22 bits per heavy atom. The number of amides is 2. The van der Waals surface area contributed by atoms with Crippen LogP contribution in [0.1, 0.15) is 27.3 Å². The summed E-state index contributed by atoms with van der Waals surface area (Å²) in [5.74, 6) is -1.93. The van der Waals surface area contributed by atoms with Crippen molar-refractivity contribution < 1.29 is 23.9 Å². The largest absolute Gasteiger partial charge is 0.478 e. The van der Waals surface area contributed by atoms with Gasteiger partial charge in [-0.1, -0.05) is 0 Å². The Kier molecular flexibility index (Phi) is 3.31. The molecule has 0 spiro atoms. The molecule has 1 fully saturated rings. The zero-order chi connectivity index (χ0) is 13.1. The summed E-state index contributed by atoms with van der Waals surface area (Å²) in [6.07, 6.45) is 1.66. The number of carboxylic acids is 1. The number of hydrogen-bond donors (Lipinski definition) is 2. The molecule has 0 aliphatic carbocycles. The molecular weight excluding hydrogens is 240 g/mol. The van der Waals surface area contributed by atoms with Crippen LogP contribution in [0.15, 0.2) is 16.7 Å². The Balaban J connectivity index is 2.13. The molecule has 96 valence electrons. The van der Waals surface area contributed by atoms with Crippen LogP contribution < -0.4 is 5.32 Å². The lowest BCUT2D eigenvalue weighted by Gasteiger charge is -2.17. The highest BCUT2D eigenvalue weighted by Gasteiger charge is 2.24. The number of furan rings is 1. The summed E-state index contributed by atoms with van der Waals surface area (Å²) in [6.45, 7) is 0.920. The summed E-state index contributed by atoms with van der Waals surface area (Å²) in [5, 5.41) is 11.4. The third kappa shape index (κ3) is 2.50. The molecule has 7 nitrogen and oxygen atoms in total. The SMILES string of the molecule is O=C1CN(C(=O)c2cc(C(=O)O)co2)CCCN1. The van der Waals surface area contributed by atoms with E-state index in [0.717, 1.165) is 12.3 Å². The quantitative estimate of drug-likeness (QED) is 0.768. The Morgan fingerprint density at radius 3 is 2.89 bits per heavy atom. The molecule has 0 radical (unpaired) electrons. The van der Waals surface area contributed by atoms with Crippen LogP contribution in [-0.4, -0.2) is 47.4 Å². The minimum absolute atomic E-state index is 0.0397. The van der Waals surface area contributed by atoms with E-state index in [0.29, 0.717) is 19.5 Å². The van der Waals surface area contributed by atoms with Gasteiger partial charge >= 0.3 is 5.97 Å². The van der Waals surface area contributed by atoms with E-state index >= 15 is 0 Å². The highest BCUT2D eigenvalue weighted by atomic mass is 16.4. The Bertz CT molecular complexity index is 493. The first-order chi connectivity index (χ1) is 8.58. The van der Waals surface area contributed by atoms with Crippen LogP contribution in [0, 0.1) is 0 Å². The van der Waals surface area contributed by atoms with Crippen LogP contribution in [0.25, 0.3) is 0 Å². The summed E-state index contributed by atoms with van der Waals surface area (Å²) >= 11 is 0. The van der Waals surface area contributed by atoms with E-state index in [9.17, 15) is 14.4 Å². The number of carbonyl (C=O) groups excluding carboxylic acids is 2. The highest BCUT2D eigenvalue weighted by Crippen LogP contribution is 2.11. The van der Waals surface area contributed by atoms with Gasteiger partial charge in [0.25, 0.3) is 5.91 Å². The van der Waals surface area contributed by atoms with Crippen molar-refractivity contribution in [1.82, 2.24) is 10.2 Å². The van der Waals surface area contributed by atoms with E-state index in [1.165, 1.54) is 4.90 Å². The van der Waals surface area contributed by atoms with Crippen LogP contribution in [0.2, 0.25) is 0 Å². The van der Waals surface area contributed by atoms with Crippen molar-refractivity contribution in [3.8, 4) is 0 Å². The molecule has 1 saturated heterocycles. The average molecular weight is 252 g/mol. The van der Waals surface area contributed by atoms with Gasteiger partial charge in [0.05, 0.1) is 12.1 Å². The lowest BCUT2D eigenvalue weighted by molar-refractivity contribution is -0.121. The van der Waals surface area contributed by atoms with E-state index in [1.54, 1.807) is 0 Å². The lowest BCUT2D eigenvalue weighted by Crippen LogP contribution is -2.37. The summed E-state index contributed by atoms with van der Waals surface area (Å²) in [5.41, 5.74) is -0.0855. The fourth-order valence-electron chi connectivity index (χ4n) is 1.70. The van der Waals surface area contributed by atoms with Gasteiger partial charge in [-0.3, -0.25) is 9.59 Å². The molecule has 2 heterocycles. The van der Waals surface area contributed by atoms with Crippen molar-refractivity contribution >= 4 is 17.8 Å². The predicted octanol–water partition coefficient (Wildman–Crippen LogP) is -0.0601. The van der Waals surface area contributed by atoms with E-state index in [1.807, 2.05) is 0 Å². The van der Waals surface area contributed by atoms with Crippen molar-refractivity contribution in [2.75, 3.05) is 19.6 Å². The number of carboxylic acid groups (broad SMARTS) is 1. The zero-order valence-corrected chi connectivity index (χ0v) is 9.51. The van der Waals surface area contributed by atoms with Crippen LogP contribution >= 0.6 is 0 Å². The highest BCUT2D eigenvalue weighted by molar-refractivity contribution is 5.97. The molecule has 2 amide bonds. The first-order valence-electron chi connectivity index (χ1n) is 5.46. The van der Waals surface area contributed by atoms with Gasteiger partial charge in [0.2, 0.25) is 5.91 Å². The molecule has 0 aromatic carbocycles. The van der Waals surface area contributed by atoms with Gasteiger partial charge in [0.1, 0.15) is 6.26 Å². The first-order valence-corrected chi connectivity index (χ1v) is 5.46. The van der Waals surface area contributed by atoms with Crippen LogP contribution in [0.4, 0.5) is 0 Å². The standard InChI is InChI=1S/C11H12N2O5/c14-9-5-13(3-1-2-12-9)10(15)8-4-7(6-18-8)11(16)17/h4,6H,1-3,5H2,(H,12,14)(H,16,17). The van der Waals surface area contributed by atoms with Crippen molar-refractivity contribution in [2.24, 2.45) is 0 Å². The monoisotopic (exact) mass is 252 g/mol. The molecule has 18 heavy (non-hydrogen) atoms. The Hall–Kier alpha value is -2.31. The molecule has 0 bridgehead atoms. The first kappa shape index (κ1) is 12.2. The molecule has 0 unspecified atom stereocenters. The Labute approximate surface area is 102 Å². The fraction of sp³-hybridized carbons (Fsp3) is 0.364. The van der Waals surface area contributed by atoms with E-state index in [4.69, 9.17) is 9.52 Å². The van der Waals surface area contributed by atoms with Gasteiger partial charge in [-0.25, -0.2) is 4.79 Å². The number of aromatic carboxylic acids is 1. The van der Waals surface area contributed by atoms with E-state index in [2.05, 4.69) is 5.32 Å². The molecule has 1 aromatic heterocycles. The number of carbonyl (C=O) groups is 3. The minimum atomic E-state index is -1.16. The molecule has 0 atom stereocenters. The van der Waals surface area contributed by atoms with Gasteiger partial charge < -0.3 is 19.7 Å². The smallest absolute Gasteiger partial charge is 0.338 e. The van der Waals surface area contributed by atoms with Crippen molar-refractivity contribution in [3.63, 3.8) is 0 Å². The van der Waals surface area contributed by atoms with E-state index in [-0.39, 0.29) is 23.8 Å². The maximum absolute atomic E-state index is 12.0. The molecule has 7 heteroatoms. The maximum Gasteiger partial charge on any atom is 0.338 e. The molecule has 2 rings (SSSR count). The molecular formula is C11H12N2O5. The summed E-state index contributed by atoms with van der Waals surface area (Å²) in [6, 6.07) is 1.16. The van der Waals surface area contributed by atoms with Crippen molar-refractivity contribution in [1.29, 1.82) is 0 Å². The van der Waals surface area contributed by atoms with Gasteiger partial charge in [0.15, 0.2) is 5.76 Å². The van der Waals surface area contributed by atoms with Crippen LogP contribution in [-0.2, 0) is 4.79 Å². The lowest BCUT2D eigenvalue weighted by atomic mass is 10.3. The predicted molar refractivity (Wildman–Crippen MR) is 59.2 cm³/mol. The summed E-state index contributed by atoms with van der Waals surface area (Å²) in [4.78, 5) is 35.3. The summed E-state index contributed by atoms with van der Waals surface area (Å²) < 4.78 is 4.91. The van der Waals surface area contributed by atoms with Crippen LogP contribution in [0.3, 0.4) is 0 Å². The maximum atomic E-state index is 12.0. The summed E-state index contributed by atoms with van der Waals surface area (Å²) in [7, 11) is 0. The molecule has 0 saturated carbocycles. The minimum Gasteiger partial charge on any atom is -0.478 e. The second-order valence-electron chi connectivity index (χ2n) is 3.93. The Morgan fingerprint density at radius 1 is 1.44 bits per heavy atom. The molecule has 1 aromatic rings. The second kappa shape index (κ2) is 4.91. The number of hydrogen-bond acceptors (Lipinski definition) is 4. The molecule has 1 aliphatic heterocycles. The van der Waals surface area contributed by atoms with E-state index < -0.39 is 11.9 Å². The number of rotatable bonds is 2. The molecule has 1 aliphatic rings. The third-order valence-electron chi connectivity index (χ3n) is 2.61. The fourth-order valence-corrected chi connectivity index (χ4v) is 1.70. The second-order valence-corrected chi connectivity index (χ2v) is 3.93. The number of nitrogens with zero attached hydrogens (tertiary/aromatic N) is 1. The van der Waals surface area contributed by atoms with Gasteiger partial charge in [0, 0.05) is 19.2 Å². The zero-order valence-electron chi connectivity index (χ0n) is 9.51. The third-order valence-corrected chi connectivity index (χ3v) is 2.61. The van der Waals surface area contributed by atoms with Crippen molar-refractivity contribution in [2.45, 2.75) is 6.42 Å². The van der Waals surface area contributed by atoms with Gasteiger partial charge in [-0.05, 0) is 6.42 Å². The van der Waals surface area contributed by atoms with Gasteiger partial charge in [-0.2, -0.15) is 0 Å². The normalized spacial score (nSPS) is 16.0. The molecule has 2 N–H and O–H groups in total. The van der Waals surface area contributed by atoms with Crippen molar-refractivity contribution in [3.05, 3.63) is 23.7 Å².